The van der Waals surface area contributed by atoms with Crippen molar-refractivity contribution in [1.29, 1.82) is 0 Å². The van der Waals surface area contributed by atoms with Gasteiger partial charge in [-0.15, -0.1) is 10.2 Å². The first kappa shape index (κ1) is 18.1. The standard InChI is InChI=1S/C15H8ClF5N4O/c1-25-12(8-2-6(16)5-22-14(8)26-15(20)21)23-24-13(25)11-9(18)3-7(17)4-10(11)19/h2-5,15H,1H3. The van der Waals surface area contributed by atoms with E-state index in [1.807, 2.05) is 0 Å². The highest BCUT2D eigenvalue weighted by Gasteiger charge is 2.23. The van der Waals surface area contributed by atoms with Crippen molar-refractivity contribution in [3.8, 4) is 28.7 Å². The number of aromatic nitrogens is 4. The number of benzene rings is 1. The molecule has 0 saturated heterocycles. The topological polar surface area (TPSA) is 52.8 Å². The first-order valence-electron chi connectivity index (χ1n) is 6.93. The Morgan fingerprint density at radius 2 is 1.65 bits per heavy atom. The quantitative estimate of drug-likeness (QED) is 0.626. The second-order valence-corrected chi connectivity index (χ2v) is 5.47. The van der Waals surface area contributed by atoms with E-state index in [-0.39, 0.29) is 22.2 Å². The van der Waals surface area contributed by atoms with Crippen LogP contribution in [0.15, 0.2) is 24.4 Å². The van der Waals surface area contributed by atoms with Gasteiger partial charge in [0, 0.05) is 25.4 Å². The van der Waals surface area contributed by atoms with Crippen LogP contribution in [0.1, 0.15) is 0 Å². The Kier molecular flexibility index (Phi) is 4.77. The molecule has 0 aliphatic carbocycles. The Morgan fingerprint density at radius 3 is 2.27 bits per heavy atom. The Balaban J connectivity index is 2.16. The zero-order chi connectivity index (χ0) is 19.0. The lowest BCUT2D eigenvalue weighted by atomic mass is 10.1. The molecular weight excluding hydrogens is 383 g/mol. The molecule has 11 heteroatoms. The van der Waals surface area contributed by atoms with Crippen molar-refractivity contribution >= 4 is 11.6 Å². The van der Waals surface area contributed by atoms with Crippen LogP contribution in [0.4, 0.5) is 22.0 Å². The third-order valence-electron chi connectivity index (χ3n) is 3.36. The highest BCUT2D eigenvalue weighted by molar-refractivity contribution is 6.30. The van der Waals surface area contributed by atoms with Gasteiger partial charge in [-0.2, -0.15) is 8.78 Å². The molecule has 1 aromatic carbocycles. The van der Waals surface area contributed by atoms with Crippen LogP contribution in [0.2, 0.25) is 5.02 Å². The Hall–Kier alpha value is -2.75. The maximum atomic E-state index is 14.0. The first-order chi connectivity index (χ1) is 12.3. The minimum atomic E-state index is -3.16. The largest absolute Gasteiger partial charge is 0.416 e. The number of halogens is 6. The highest BCUT2D eigenvalue weighted by Crippen LogP contribution is 2.33. The highest BCUT2D eigenvalue weighted by atomic mass is 35.5. The number of ether oxygens (including phenoxy) is 1. The van der Waals surface area contributed by atoms with E-state index < -0.39 is 35.5 Å². The lowest BCUT2D eigenvalue weighted by Crippen LogP contribution is -2.06. The fourth-order valence-corrected chi connectivity index (χ4v) is 2.46. The Bertz CT molecular complexity index is 956. The van der Waals surface area contributed by atoms with Gasteiger partial charge in [0.05, 0.1) is 16.1 Å². The molecule has 3 rings (SSSR count). The van der Waals surface area contributed by atoms with Crippen LogP contribution in [0.3, 0.4) is 0 Å². The van der Waals surface area contributed by atoms with E-state index in [1.165, 1.54) is 13.1 Å². The second-order valence-electron chi connectivity index (χ2n) is 5.04. The minimum absolute atomic E-state index is 0.0676. The van der Waals surface area contributed by atoms with Gasteiger partial charge in [-0.1, -0.05) is 11.6 Å². The van der Waals surface area contributed by atoms with E-state index in [2.05, 4.69) is 19.9 Å². The molecule has 0 atom stereocenters. The van der Waals surface area contributed by atoms with Crippen LogP contribution < -0.4 is 4.74 Å². The van der Waals surface area contributed by atoms with E-state index >= 15 is 0 Å². The van der Waals surface area contributed by atoms with E-state index in [9.17, 15) is 22.0 Å². The summed E-state index contributed by atoms with van der Waals surface area (Å²) >= 11 is 5.82. The molecule has 0 saturated carbocycles. The number of rotatable bonds is 4. The number of pyridine rings is 1. The normalized spacial score (nSPS) is 11.2. The number of hydrogen-bond donors (Lipinski definition) is 0. The molecular formula is C15H8ClF5N4O. The van der Waals surface area contributed by atoms with Crippen LogP contribution in [0.25, 0.3) is 22.8 Å². The summed E-state index contributed by atoms with van der Waals surface area (Å²) in [6, 6.07) is 2.20. The zero-order valence-electron chi connectivity index (χ0n) is 12.9. The predicted molar refractivity (Wildman–Crippen MR) is 81.2 cm³/mol. The molecule has 0 aliphatic rings. The molecule has 3 aromatic rings. The molecule has 0 spiro atoms. The molecule has 2 aromatic heterocycles. The smallest absolute Gasteiger partial charge is 0.388 e. The van der Waals surface area contributed by atoms with Crippen LogP contribution in [-0.2, 0) is 7.05 Å². The molecule has 0 N–H and O–H groups in total. The number of nitrogens with zero attached hydrogens (tertiary/aromatic N) is 4. The maximum Gasteiger partial charge on any atom is 0.388 e. The molecule has 0 fully saturated rings. The van der Waals surface area contributed by atoms with Gasteiger partial charge in [0.25, 0.3) is 0 Å². The van der Waals surface area contributed by atoms with Gasteiger partial charge >= 0.3 is 6.61 Å². The molecule has 0 aliphatic heterocycles. The van der Waals surface area contributed by atoms with Gasteiger partial charge < -0.3 is 9.30 Å². The van der Waals surface area contributed by atoms with Crippen molar-refractivity contribution in [3.05, 3.63) is 46.9 Å². The van der Waals surface area contributed by atoms with Crippen LogP contribution >= 0.6 is 11.6 Å². The van der Waals surface area contributed by atoms with E-state index in [1.54, 1.807) is 0 Å². The lowest BCUT2D eigenvalue weighted by Gasteiger charge is -2.10. The summed E-state index contributed by atoms with van der Waals surface area (Å²) < 4.78 is 71.6. The van der Waals surface area contributed by atoms with E-state index in [0.29, 0.717) is 12.1 Å². The Labute approximate surface area is 148 Å². The molecule has 5 nitrogen and oxygen atoms in total. The van der Waals surface area contributed by atoms with Crippen LogP contribution in [-0.4, -0.2) is 26.4 Å². The molecule has 136 valence electrons. The van der Waals surface area contributed by atoms with Crippen LogP contribution in [0.5, 0.6) is 5.88 Å². The van der Waals surface area contributed by atoms with Crippen LogP contribution in [0, 0.1) is 17.5 Å². The average Bonchev–Trinajstić information content (AvgIpc) is 2.89. The summed E-state index contributed by atoms with van der Waals surface area (Å²) in [7, 11) is 1.33. The Morgan fingerprint density at radius 1 is 1.04 bits per heavy atom. The second kappa shape index (κ2) is 6.87. The van der Waals surface area contributed by atoms with Crippen molar-refractivity contribution < 1.29 is 26.7 Å². The van der Waals surface area contributed by atoms with Gasteiger partial charge in [0.1, 0.15) is 17.5 Å². The molecule has 0 amide bonds. The van der Waals surface area contributed by atoms with Gasteiger partial charge in [-0.3, -0.25) is 0 Å². The predicted octanol–water partition coefficient (Wildman–Crippen LogP) is 4.22. The zero-order valence-corrected chi connectivity index (χ0v) is 13.6. The first-order valence-corrected chi connectivity index (χ1v) is 7.30. The third-order valence-corrected chi connectivity index (χ3v) is 3.57. The minimum Gasteiger partial charge on any atom is -0.416 e. The maximum absolute atomic E-state index is 14.0. The van der Waals surface area contributed by atoms with Gasteiger partial charge in [-0.25, -0.2) is 18.2 Å². The fourth-order valence-electron chi connectivity index (χ4n) is 2.30. The van der Waals surface area contributed by atoms with Gasteiger partial charge in [0.15, 0.2) is 11.6 Å². The summed E-state index contributed by atoms with van der Waals surface area (Å²) in [6.45, 7) is -3.16. The number of hydrogen-bond acceptors (Lipinski definition) is 4. The fraction of sp³-hybridized carbons (Fsp3) is 0.133. The van der Waals surface area contributed by atoms with Gasteiger partial charge in [-0.05, 0) is 6.07 Å². The summed E-state index contributed by atoms with van der Waals surface area (Å²) in [5.41, 5.74) is -0.694. The van der Waals surface area contributed by atoms with Crippen molar-refractivity contribution in [1.82, 2.24) is 19.7 Å². The van der Waals surface area contributed by atoms with Crippen molar-refractivity contribution in [2.75, 3.05) is 0 Å². The summed E-state index contributed by atoms with van der Waals surface area (Å²) in [5.74, 6) is -4.37. The third kappa shape index (κ3) is 3.32. The lowest BCUT2D eigenvalue weighted by molar-refractivity contribution is -0.0524. The molecule has 0 radical (unpaired) electrons. The molecule has 2 heterocycles. The molecule has 26 heavy (non-hydrogen) atoms. The number of alkyl halides is 2. The SMILES string of the molecule is Cn1c(-c2cc(Cl)cnc2OC(F)F)nnc1-c1c(F)cc(F)cc1F. The molecule has 0 unspecified atom stereocenters. The summed E-state index contributed by atoms with van der Waals surface area (Å²) in [4.78, 5) is 3.65. The van der Waals surface area contributed by atoms with Crippen molar-refractivity contribution in [2.45, 2.75) is 6.61 Å². The average molecular weight is 391 g/mol. The van der Waals surface area contributed by atoms with E-state index in [4.69, 9.17) is 11.6 Å². The monoisotopic (exact) mass is 390 g/mol. The van der Waals surface area contributed by atoms with Crippen molar-refractivity contribution in [2.24, 2.45) is 7.05 Å². The molecule has 0 bridgehead atoms. The van der Waals surface area contributed by atoms with Crippen molar-refractivity contribution in [3.63, 3.8) is 0 Å². The summed E-state index contributed by atoms with van der Waals surface area (Å²) in [6.07, 6.45) is 1.08. The van der Waals surface area contributed by atoms with E-state index in [0.717, 1.165) is 10.8 Å². The van der Waals surface area contributed by atoms with Gasteiger partial charge in [0.2, 0.25) is 5.88 Å². The summed E-state index contributed by atoms with van der Waals surface area (Å²) in [5, 5.41) is 7.49.